The number of para-hydroxylation sites is 3. The molecule has 0 amide bonds. The topological polar surface area (TPSA) is 64.3 Å². The van der Waals surface area contributed by atoms with Gasteiger partial charge in [-0.15, -0.1) is 0 Å². The second-order valence-corrected chi connectivity index (χ2v) is 14.3. The van der Waals surface area contributed by atoms with Crippen molar-refractivity contribution < 1.29 is 8.83 Å². The van der Waals surface area contributed by atoms with E-state index in [0.29, 0.717) is 11.3 Å². The zero-order valence-electron chi connectivity index (χ0n) is 29.6. The zero-order valence-corrected chi connectivity index (χ0v) is 29.6. The Hall–Kier alpha value is -8.06. The lowest BCUT2D eigenvalue weighted by atomic mass is 9.99. The van der Waals surface area contributed by atoms with Crippen molar-refractivity contribution in [3.05, 3.63) is 175 Å². The number of nitriles is 1. The highest BCUT2D eigenvalue weighted by Crippen LogP contribution is 2.43. The van der Waals surface area contributed by atoms with Crippen molar-refractivity contribution >= 4 is 93.2 Å². The lowest BCUT2D eigenvalue weighted by molar-refractivity contribution is 0.671. The van der Waals surface area contributed by atoms with Crippen LogP contribution in [0.5, 0.6) is 0 Å². The average molecular weight is 715 g/mol. The summed E-state index contributed by atoms with van der Waals surface area (Å²) in [5.74, 6) is 0. The molecule has 8 aromatic carbocycles. The minimum atomic E-state index is 0.559. The van der Waals surface area contributed by atoms with Crippen molar-refractivity contribution in [2.45, 2.75) is 0 Å². The molecule has 0 atom stereocenters. The molecule has 6 heteroatoms. The molecule has 0 N–H and O–H groups in total. The summed E-state index contributed by atoms with van der Waals surface area (Å²) in [6.45, 7) is 7.69. The van der Waals surface area contributed by atoms with Crippen molar-refractivity contribution in [3.8, 4) is 28.6 Å². The first-order chi connectivity index (χ1) is 27.7. The standard InChI is InChI=1S/C50H26N4O2/c1-52-31-16-24-43-41(27-31)37-21-22-39-36-9-4-7-13-46(36)56-50(39)48(37)54(43)33-19-20-34(30(26-33)28-51)29-14-17-32(18-15-29)53-42-11-5-2-10-40(42)47-44(53)25-23-38-35-8-3-6-12-45(35)55-49(38)47/h2-27H. The minimum Gasteiger partial charge on any atom is -0.455 e. The number of hydrogen-bond donors (Lipinski definition) is 0. The fourth-order valence-electron chi connectivity index (χ4n) is 8.93. The van der Waals surface area contributed by atoms with E-state index in [1.165, 1.54) is 0 Å². The van der Waals surface area contributed by atoms with Crippen molar-refractivity contribution in [1.82, 2.24) is 9.13 Å². The average Bonchev–Trinajstić information content (AvgIpc) is 4.01. The second kappa shape index (κ2) is 11.2. The van der Waals surface area contributed by atoms with Gasteiger partial charge < -0.3 is 18.0 Å². The Bertz CT molecular complexity index is 3730. The van der Waals surface area contributed by atoms with Gasteiger partial charge in [-0.1, -0.05) is 84.9 Å². The molecule has 0 radical (unpaired) electrons. The number of rotatable bonds is 3. The number of aromatic nitrogens is 2. The Labute approximate surface area is 318 Å². The Kier molecular flexibility index (Phi) is 6.10. The third kappa shape index (κ3) is 4.07. The predicted molar refractivity (Wildman–Crippen MR) is 226 cm³/mol. The highest BCUT2D eigenvalue weighted by atomic mass is 16.3. The molecule has 6 nitrogen and oxygen atoms in total. The van der Waals surface area contributed by atoms with E-state index in [2.05, 4.69) is 117 Å². The Morgan fingerprint density at radius 3 is 1.89 bits per heavy atom. The van der Waals surface area contributed by atoms with Crippen molar-refractivity contribution in [1.29, 1.82) is 5.26 Å². The quantitative estimate of drug-likeness (QED) is 0.171. The van der Waals surface area contributed by atoms with E-state index in [1.54, 1.807) is 0 Å². The number of hydrogen-bond acceptors (Lipinski definition) is 3. The van der Waals surface area contributed by atoms with Gasteiger partial charge in [0.2, 0.25) is 0 Å². The smallest absolute Gasteiger partial charge is 0.188 e. The van der Waals surface area contributed by atoms with Crippen molar-refractivity contribution in [3.63, 3.8) is 0 Å². The van der Waals surface area contributed by atoms with E-state index in [9.17, 15) is 5.26 Å². The van der Waals surface area contributed by atoms with E-state index < -0.39 is 0 Å². The predicted octanol–water partition coefficient (Wildman–Crippen LogP) is 13.8. The summed E-state index contributed by atoms with van der Waals surface area (Å²) in [6.07, 6.45) is 0. The first kappa shape index (κ1) is 30.4. The SMILES string of the molecule is [C-]#[N+]c1ccc2c(c1)c1ccc3c4ccccc4oc3c1n2-c1ccc(-c2ccc(-n3c4ccccc4c4c5oc6ccccc6c5ccc43)cc2)c(C#N)c1. The van der Waals surface area contributed by atoms with Crippen molar-refractivity contribution in [2.75, 3.05) is 0 Å². The van der Waals surface area contributed by atoms with E-state index >= 15 is 0 Å². The summed E-state index contributed by atoms with van der Waals surface area (Å²) in [5, 5.41) is 19.1. The van der Waals surface area contributed by atoms with Gasteiger partial charge in [-0.05, 0) is 89.3 Å². The van der Waals surface area contributed by atoms with Crippen LogP contribution in [0.25, 0.3) is 115 Å². The molecule has 4 heterocycles. The number of fused-ring (bicyclic) bond motifs is 14. The van der Waals surface area contributed by atoms with Crippen LogP contribution >= 0.6 is 0 Å². The van der Waals surface area contributed by atoms with Crippen LogP contribution in [0.1, 0.15) is 5.56 Å². The summed E-state index contributed by atoms with van der Waals surface area (Å²) in [5.41, 5.74) is 12.1. The Morgan fingerprint density at radius 2 is 1.12 bits per heavy atom. The fourth-order valence-corrected chi connectivity index (χ4v) is 8.93. The summed E-state index contributed by atoms with van der Waals surface area (Å²) >= 11 is 0. The molecule has 0 bridgehead atoms. The summed E-state index contributed by atoms with van der Waals surface area (Å²) in [6, 6.07) is 56.0. The molecule has 0 saturated heterocycles. The molecule has 0 aliphatic carbocycles. The van der Waals surface area contributed by atoms with Gasteiger partial charge in [0.05, 0.1) is 45.7 Å². The van der Waals surface area contributed by atoms with Crippen LogP contribution in [-0.2, 0) is 0 Å². The van der Waals surface area contributed by atoms with Gasteiger partial charge in [-0.25, -0.2) is 4.85 Å². The van der Waals surface area contributed by atoms with E-state index in [1.807, 2.05) is 60.7 Å². The zero-order chi connectivity index (χ0) is 37.1. The maximum atomic E-state index is 10.6. The third-order valence-electron chi connectivity index (χ3n) is 11.4. The van der Waals surface area contributed by atoms with Crippen LogP contribution in [0, 0.1) is 17.9 Å². The molecule has 0 aliphatic rings. The molecule has 0 saturated carbocycles. The van der Waals surface area contributed by atoms with Crippen LogP contribution in [0.4, 0.5) is 5.69 Å². The highest BCUT2D eigenvalue weighted by Gasteiger charge is 2.21. The molecule has 0 aliphatic heterocycles. The van der Waals surface area contributed by atoms with Crippen LogP contribution < -0.4 is 0 Å². The molecule has 12 rings (SSSR count). The Balaban J connectivity index is 1.01. The first-order valence-electron chi connectivity index (χ1n) is 18.4. The number of furan rings is 2. The van der Waals surface area contributed by atoms with Crippen LogP contribution in [0.2, 0.25) is 0 Å². The molecular weight excluding hydrogens is 689 g/mol. The van der Waals surface area contributed by atoms with Gasteiger partial charge in [0.1, 0.15) is 16.7 Å². The fraction of sp³-hybridized carbons (Fsp3) is 0. The molecule has 0 unspecified atom stereocenters. The van der Waals surface area contributed by atoms with Crippen LogP contribution in [0.3, 0.4) is 0 Å². The molecule has 0 fully saturated rings. The Morgan fingerprint density at radius 1 is 0.500 bits per heavy atom. The van der Waals surface area contributed by atoms with E-state index in [0.717, 1.165) is 110 Å². The second-order valence-electron chi connectivity index (χ2n) is 14.3. The summed E-state index contributed by atoms with van der Waals surface area (Å²) in [4.78, 5) is 3.72. The van der Waals surface area contributed by atoms with Gasteiger partial charge in [0, 0.05) is 43.7 Å². The molecule has 258 valence electrons. The molecule has 0 spiro atoms. The van der Waals surface area contributed by atoms with Crippen LogP contribution in [0.15, 0.2) is 167 Å². The van der Waals surface area contributed by atoms with Crippen LogP contribution in [-0.4, -0.2) is 9.13 Å². The van der Waals surface area contributed by atoms with Gasteiger partial charge in [-0.3, -0.25) is 0 Å². The molecule has 12 aromatic rings. The van der Waals surface area contributed by atoms with E-state index in [-0.39, 0.29) is 0 Å². The van der Waals surface area contributed by atoms with E-state index in [4.69, 9.17) is 15.4 Å². The van der Waals surface area contributed by atoms with Gasteiger partial charge in [0.15, 0.2) is 11.3 Å². The van der Waals surface area contributed by atoms with Gasteiger partial charge in [-0.2, -0.15) is 5.26 Å². The lowest BCUT2D eigenvalue weighted by Crippen LogP contribution is -1.97. The highest BCUT2D eigenvalue weighted by molar-refractivity contribution is 6.24. The normalized spacial score (nSPS) is 11.9. The maximum Gasteiger partial charge on any atom is 0.188 e. The van der Waals surface area contributed by atoms with Gasteiger partial charge in [0.25, 0.3) is 0 Å². The number of nitrogens with zero attached hydrogens (tertiary/aromatic N) is 4. The minimum absolute atomic E-state index is 0.559. The lowest BCUT2D eigenvalue weighted by Gasteiger charge is -2.13. The van der Waals surface area contributed by atoms with Gasteiger partial charge >= 0.3 is 0 Å². The molecule has 4 aromatic heterocycles. The summed E-state index contributed by atoms with van der Waals surface area (Å²) in [7, 11) is 0. The number of benzene rings is 8. The molecular formula is C50H26N4O2. The largest absolute Gasteiger partial charge is 0.455 e. The van der Waals surface area contributed by atoms with Crippen molar-refractivity contribution in [2.24, 2.45) is 0 Å². The first-order valence-corrected chi connectivity index (χ1v) is 18.4. The maximum absolute atomic E-state index is 10.6. The monoisotopic (exact) mass is 714 g/mol. The summed E-state index contributed by atoms with van der Waals surface area (Å²) < 4.78 is 17.5. The third-order valence-corrected chi connectivity index (χ3v) is 11.4. The molecule has 56 heavy (non-hydrogen) atoms.